The lowest BCUT2D eigenvalue weighted by atomic mass is 10.2. The van der Waals surface area contributed by atoms with Crippen molar-refractivity contribution in [2.75, 3.05) is 0 Å². The maximum atomic E-state index is 11.7. The number of nitrogens with zero attached hydrogens (tertiary/aromatic N) is 2. The van der Waals surface area contributed by atoms with Gasteiger partial charge in [0.1, 0.15) is 4.92 Å². The van der Waals surface area contributed by atoms with E-state index in [9.17, 15) is 19.7 Å². The van der Waals surface area contributed by atoms with Crippen LogP contribution in [0, 0.1) is 10.1 Å². The third-order valence-electron chi connectivity index (χ3n) is 3.09. The van der Waals surface area contributed by atoms with Gasteiger partial charge < -0.3 is 9.73 Å². The number of hydrazone groups is 1. The summed E-state index contributed by atoms with van der Waals surface area (Å²) in [5.41, 5.74) is 3.19. The number of amides is 2. The molecule has 0 fully saturated rings. The number of rotatable bonds is 8. The minimum absolute atomic E-state index is 0.0282. The summed E-state index contributed by atoms with van der Waals surface area (Å²) in [5, 5.41) is 16.8. The first-order valence-electron chi connectivity index (χ1n) is 7.41. The van der Waals surface area contributed by atoms with E-state index < -0.39 is 16.7 Å². The summed E-state index contributed by atoms with van der Waals surface area (Å²) >= 11 is 0. The molecule has 2 amide bonds. The first kappa shape index (κ1) is 17.9. The van der Waals surface area contributed by atoms with E-state index in [0.717, 1.165) is 11.8 Å². The van der Waals surface area contributed by atoms with Gasteiger partial charge in [0.05, 0.1) is 12.3 Å². The standard InChI is InChI=1S/C16H16N4O5/c21-14(17-10-12-4-2-1-3-5-12)7-8-15(22)19-18-11-13-6-9-16(25-13)20(23)24/h1-6,9,11H,7-8,10H2,(H,17,21)(H,19,22)/b18-11+. The molecule has 0 aliphatic rings. The van der Waals surface area contributed by atoms with Gasteiger partial charge in [-0.15, -0.1) is 0 Å². The molecule has 0 unspecified atom stereocenters. The summed E-state index contributed by atoms with van der Waals surface area (Å²) in [5.74, 6) is -0.979. The minimum Gasteiger partial charge on any atom is -0.400 e. The Labute approximate surface area is 142 Å². The summed E-state index contributed by atoms with van der Waals surface area (Å²) in [7, 11) is 0. The SMILES string of the molecule is O=C(CCC(=O)N/N=C/c1ccc([N+](=O)[O-])o1)NCc1ccccc1. The molecule has 1 heterocycles. The molecular formula is C16H16N4O5. The second-order valence-electron chi connectivity index (χ2n) is 4.99. The molecule has 0 saturated heterocycles. The van der Waals surface area contributed by atoms with Crippen molar-refractivity contribution in [3.05, 3.63) is 63.9 Å². The van der Waals surface area contributed by atoms with E-state index in [4.69, 9.17) is 4.42 Å². The number of carbonyl (C=O) groups excluding carboxylic acids is 2. The predicted octanol–water partition coefficient (Wildman–Crippen LogP) is 1.73. The van der Waals surface area contributed by atoms with E-state index in [1.807, 2.05) is 30.3 Å². The molecule has 0 aliphatic heterocycles. The Kier molecular flexibility index (Phi) is 6.40. The van der Waals surface area contributed by atoms with Crippen molar-refractivity contribution < 1.29 is 18.9 Å². The fraction of sp³-hybridized carbons (Fsp3) is 0.188. The van der Waals surface area contributed by atoms with Crippen molar-refractivity contribution >= 4 is 23.9 Å². The highest BCUT2D eigenvalue weighted by Gasteiger charge is 2.10. The number of carbonyl (C=O) groups is 2. The Hall–Kier alpha value is -3.49. The van der Waals surface area contributed by atoms with Crippen molar-refractivity contribution in [2.24, 2.45) is 5.10 Å². The van der Waals surface area contributed by atoms with Crippen molar-refractivity contribution in [1.82, 2.24) is 10.7 Å². The van der Waals surface area contributed by atoms with Gasteiger partial charge >= 0.3 is 5.88 Å². The molecule has 25 heavy (non-hydrogen) atoms. The van der Waals surface area contributed by atoms with E-state index in [-0.39, 0.29) is 24.5 Å². The summed E-state index contributed by atoms with van der Waals surface area (Å²) in [4.78, 5) is 33.0. The molecule has 0 atom stereocenters. The number of furan rings is 1. The van der Waals surface area contributed by atoms with Crippen LogP contribution in [0.4, 0.5) is 5.88 Å². The lowest BCUT2D eigenvalue weighted by Gasteiger charge is -2.04. The Morgan fingerprint density at radius 1 is 1.12 bits per heavy atom. The molecule has 0 aliphatic carbocycles. The molecule has 0 spiro atoms. The van der Waals surface area contributed by atoms with Gasteiger partial charge in [-0.25, -0.2) is 5.43 Å². The molecule has 2 N–H and O–H groups in total. The quantitative estimate of drug-likeness (QED) is 0.428. The lowest BCUT2D eigenvalue weighted by Crippen LogP contribution is -2.25. The van der Waals surface area contributed by atoms with Gasteiger partial charge in [0.25, 0.3) is 0 Å². The minimum atomic E-state index is -0.677. The first-order valence-corrected chi connectivity index (χ1v) is 7.41. The van der Waals surface area contributed by atoms with Gasteiger partial charge in [-0.05, 0) is 11.6 Å². The molecule has 0 bridgehead atoms. The van der Waals surface area contributed by atoms with Crippen LogP contribution in [0.25, 0.3) is 0 Å². The second-order valence-corrected chi connectivity index (χ2v) is 4.99. The molecule has 9 nitrogen and oxygen atoms in total. The molecule has 130 valence electrons. The number of hydrogen-bond acceptors (Lipinski definition) is 6. The Morgan fingerprint density at radius 2 is 1.84 bits per heavy atom. The smallest absolute Gasteiger partial charge is 0.400 e. The molecular weight excluding hydrogens is 328 g/mol. The topological polar surface area (TPSA) is 127 Å². The molecule has 2 aromatic rings. The second kappa shape index (κ2) is 8.96. The first-order chi connectivity index (χ1) is 12.0. The number of nitrogens with one attached hydrogen (secondary N) is 2. The third-order valence-corrected chi connectivity index (χ3v) is 3.09. The molecule has 2 rings (SSSR count). The molecule has 0 saturated carbocycles. The highest BCUT2D eigenvalue weighted by Crippen LogP contribution is 2.13. The van der Waals surface area contributed by atoms with Crippen LogP contribution in [0.3, 0.4) is 0 Å². The molecule has 1 aromatic carbocycles. The highest BCUT2D eigenvalue weighted by atomic mass is 16.6. The van der Waals surface area contributed by atoms with Gasteiger partial charge in [-0.3, -0.25) is 19.7 Å². The Morgan fingerprint density at radius 3 is 2.52 bits per heavy atom. The van der Waals surface area contributed by atoms with E-state index >= 15 is 0 Å². The fourth-order valence-electron chi connectivity index (χ4n) is 1.85. The normalized spacial score (nSPS) is 10.6. The van der Waals surface area contributed by atoms with Crippen LogP contribution >= 0.6 is 0 Å². The summed E-state index contributed by atoms with van der Waals surface area (Å²) in [6.45, 7) is 0.400. The van der Waals surface area contributed by atoms with Gasteiger partial charge in [0.2, 0.25) is 11.8 Å². The van der Waals surface area contributed by atoms with Crippen LogP contribution < -0.4 is 10.7 Å². The maximum absolute atomic E-state index is 11.7. The Bertz CT molecular complexity index is 770. The lowest BCUT2D eigenvalue weighted by molar-refractivity contribution is -0.402. The largest absolute Gasteiger partial charge is 0.433 e. The van der Waals surface area contributed by atoms with Gasteiger partial charge in [0, 0.05) is 19.4 Å². The summed E-state index contributed by atoms with van der Waals surface area (Å²) in [6.07, 6.45) is 1.14. The molecule has 0 radical (unpaired) electrons. The highest BCUT2D eigenvalue weighted by molar-refractivity contribution is 5.84. The predicted molar refractivity (Wildman–Crippen MR) is 88.6 cm³/mol. The van der Waals surface area contributed by atoms with Crippen LogP contribution in [-0.4, -0.2) is 23.0 Å². The number of benzene rings is 1. The monoisotopic (exact) mass is 344 g/mol. The fourth-order valence-corrected chi connectivity index (χ4v) is 1.85. The zero-order chi connectivity index (χ0) is 18.1. The van der Waals surface area contributed by atoms with Crippen molar-refractivity contribution in [1.29, 1.82) is 0 Å². The average molecular weight is 344 g/mol. The van der Waals surface area contributed by atoms with E-state index in [2.05, 4.69) is 15.8 Å². The van der Waals surface area contributed by atoms with Crippen molar-refractivity contribution in [3.8, 4) is 0 Å². The van der Waals surface area contributed by atoms with Crippen LogP contribution in [0.15, 0.2) is 52.0 Å². The third kappa shape index (κ3) is 6.26. The van der Waals surface area contributed by atoms with Gasteiger partial charge in [-0.1, -0.05) is 30.3 Å². The number of nitro groups is 1. The van der Waals surface area contributed by atoms with Crippen LogP contribution in [-0.2, 0) is 16.1 Å². The van der Waals surface area contributed by atoms with Gasteiger partial charge in [-0.2, -0.15) is 5.10 Å². The van der Waals surface area contributed by atoms with E-state index in [1.165, 1.54) is 12.1 Å². The maximum Gasteiger partial charge on any atom is 0.433 e. The van der Waals surface area contributed by atoms with Crippen LogP contribution in [0.5, 0.6) is 0 Å². The summed E-state index contributed by atoms with van der Waals surface area (Å²) in [6, 6.07) is 11.9. The number of hydrogen-bond donors (Lipinski definition) is 2. The Balaban J connectivity index is 1.66. The van der Waals surface area contributed by atoms with Crippen molar-refractivity contribution in [3.63, 3.8) is 0 Å². The van der Waals surface area contributed by atoms with Crippen molar-refractivity contribution in [2.45, 2.75) is 19.4 Å². The van der Waals surface area contributed by atoms with Gasteiger partial charge in [0.15, 0.2) is 5.76 Å². The zero-order valence-electron chi connectivity index (χ0n) is 13.2. The average Bonchev–Trinajstić information content (AvgIpc) is 3.08. The summed E-state index contributed by atoms with van der Waals surface area (Å²) < 4.78 is 4.84. The molecule has 1 aromatic heterocycles. The van der Waals surface area contributed by atoms with E-state index in [1.54, 1.807) is 0 Å². The van der Waals surface area contributed by atoms with Crippen LogP contribution in [0.2, 0.25) is 0 Å². The van der Waals surface area contributed by atoms with Crippen LogP contribution in [0.1, 0.15) is 24.2 Å². The van der Waals surface area contributed by atoms with E-state index in [0.29, 0.717) is 6.54 Å². The zero-order valence-corrected chi connectivity index (χ0v) is 13.2. The molecule has 9 heteroatoms.